The SMILES string of the molecule is C[C@@H](F)[C@H]1C(=O)N([Si](C)(C)C)[C@@H]1C1OCCO1. The molecule has 2 fully saturated rings. The first-order chi connectivity index (χ1) is 7.84. The van der Waals surface area contributed by atoms with Crippen molar-refractivity contribution in [3.05, 3.63) is 0 Å². The zero-order valence-corrected chi connectivity index (χ0v) is 11.8. The standard InChI is InChI=1S/C11H20FNO3Si/c1-7(12)8-9(11-15-5-6-16-11)13(10(8)14)17(2,3)4/h7-9,11H,5-6H2,1-4H3/t7-,8-,9+/m1/s1. The van der Waals surface area contributed by atoms with Crippen LogP contribution in [0.1, 0.15) is 6.92 Å². The molecule has 2 rings (SSSR count). The van der Waals surface area contributed by atoms with Crippen molar-refractivity contribution < 1.29 is 18.7 Å². The molecule has 0 radical (unpaired) electrons. The fourth-order valence-electron chi connectivity index (χ4n) is 2.64. The number of halogens is 1. The van der Waals surface area contributed by atoms with Crippen molar-refractivity contribution in [3.63, 3.8) is 0 Å². The molecule has 2 aliphatic rings. The minimum Gasteiger partial charge on any atom is -0.361 e. The van der Waals surface area contributed by atoms with E-state index in [2.05, 4.69) is 19.6 Å². The number of ether oxygens (including phenoxy) is 2. The van der Waals surface area contributed by atoms with E-state index in [9.17, 15) is 9.18 Å². The van der Waals surface area contributed by atoms with E-state index >= 15 is 0 Å². The Balaban J connectivity index is 2.19. The number of hydrogen-bond acceptors (Lipinski definition) is 3. The Hall–Kier alpha value is -0.463. The van der Waals surface area contributed by atoms with Crippen molar-refractivity contribution in [2.45, 2.75) is 45.1 Å². The summed E-state index contributed by atoms with van der Waals surface area (Å²) in [5.74, 6) is -0.673. The third-order valence-electron chi connectivity index (χ3n) is 3.33. The van der Waals surface area contributed by atoms with E-state index in [0.29, 0.717) is 13.2 Å². The number of rotatable bonds is 3. The van der Waals surface area contributed by atoms with Crippen LogP contribution in [0.2, 0.25) is 19.6 Å². The van der Waals surface area contributed by atoms with E-state index in [1.807, 2.05) is 4.57 Å². The third-order valence-corrected chi connectivity index (χ3v) is 5.30. The minimum atomic E-state index is -1.80. The highest BCUT2D eigenvalue weighted by Crippen LogP contribution is 2.39. The number of nitrogens with zero attached hydrogens (tertiary/aromatic N) is 1. The van der Waals surface area contributed by atoms with E-state index in [1.165, 1.54) is 6.92 Å². The molecule has 98 valence electrons. The Labute approximate surface area is 102 Å². The van der Waals surface area contributed by atoms with Gasteiger partial charge in [-0.3, -0.25) is 4.79 Å². The van der Waals surface area contributed by atoms with Gasteiger partial charge in [0, 0.05) is 0 Å². The lowest BCUT2D eigenvalue weighted by Gasteiger charge is -2.55. The maximum atomic E-state index is 13.5. The summed E-state index contributed by atoms with van der Waals surface area (Å²) in [5.41, 5.74) is 0. The molecule has 2 saturated heterocycles. The Kier molecular flexibility index (Phi) is 3.31. The number of β-lactam (4-membered cyclic amide) rings is 1. The number of alkyl halides is 1. The van der Waals surface area contributed by atoms with E-state index in [-0.39, 0.29) is 11.9 Å². The predicted octanol–water partition coefficient (Wildman–Crippen LogP) is 1.38. The van der Waals surface area contributed by atoms with E-state index in [4.69, 9.17) is 9.47 Å². The maximum Gasteiger partial charge on any atom is 0.223 e. The molecule has 0 aliphatic carbocycles. The molecule has 2 aliphatic heterocycles. The van der Waals surface area contributed by atoms with Gasteiger partial charge in [-0.15, -0.1) is 0 Å². The Morgan fingerprint density at radius 1 is 1.35 bits per heavy atom. The smallest absolute Gasteiger partial charge is 0.223 e. The second-order valence-electron chi connectivity index (χ2n) is 5.68. The van der Waals surface area contributed by atoms with Crippen molar-refractivity contribution in [3.8, 4) is 0 Å². The topological polar surface area (TPSA) is 38.8 Å². The molecule has 1 amide bonds. The number of hydrogen-bond donors (Lipinski definition) is 0. The molecule has 0 aromatic rings. The van der Waals surface area contributed by atoms with Gasteiger partial charge in [-0.2, -0.15) is 0 Å². The summed E-state index contributed by atoms with van der Waals surface area (Å²) in [6, 6.07) is -0.239. The monoisotopic (exact) mass is 261 g/mol. The van der Waals surface area contributed by atoms with E-state index < -0.39 is 26.6 Å². The van der Waals surface area contributed by atoms with Crippen molar-refractivity contribution in [1.82, 2.24) is 4.57 Å². The van der Waals surface area contributed by atoms with Crippen LogP contribution in [0.25, 0.3) is 0 Å². The molecule has 0 bridgehead atoms. The average molecular weight is 261 g/mol. The summed E-state index contributed by atoms with van der Waals surface area (Å²) in [7, 11) is -1.80. The van der Waals surface area contributed by atoms with Gasteiger partial charge >= 0.3 is 0 Å². The lowest BCUT2D eigenvalue weighted by atomic mass is 9.86. The van der Waals surface area contributed by atoms with Gasteiger partial charge in [0.15, 0.2) is 14.5 Å². The Morgan fingerprint density at radius 2 is 1.88 bits per heavy atom. The van der Waals surface area contributed by atoms with Gasteiger partial charge in [-0.1, -0.05) is 19.6 Å². The summed E-state index contributed by atoms with van der Waals surface area (Å²) in [6.07, 6.45) is -1.59. The first kappa shape index (κ1) is 13.0. The minimum absolute atomic E-state index is 0.0803. The van der Waals surface area contributed by atoms with Gasteiger partial charge in [-0.05, 0) is 6.92 Å². The summed E-state index contributed by atoms with van der Waals surface area (Å²) in [6.45, 7) is 8.72. The molecular weight excluding hydrogens is 241 g/mol. The molecule has 17 heavy (non-hydrogen) atoms. The van der Waals surface area contributed by atoms with Crippen LogP contribution in [0.15, 0.2) is 0 Å². The Morgan fingerprint density at radius 3 is 2.29 bits per heavy atom. The number of carbonyl (C=O) groups excluding carboxylic acids is 1. The summed E-state index contributed by atoms with van der Waals surface area (Å²) < 4.78 is 26.2. The molecule has 6 heteroatoms. The largest absolute Gasteiger partial charge is 0.361 e. The fraction of sp³-hybridized carbons (Fsp3) is 0.909. The second-order valence-corrected chi connectivity index (χ2v) is 10.5. The van der Waals surface area contributed by atoms with Crippen molar-refractivity contribution in [2.24, 2.45) is 5.92 Å². The third kappa shape index (κ3) is 2.13. The number of carbonyl (C=O) groups is 1. The Bertz CT molecular complexity index is 312. The van der Waals surface area contributed by atoms with Crippen LogP contribution in [0, 0.1) is 5.92 Å². The van der Waals surface area contributed by atoms with Crippen LogP contribution in [-0.4, -0.2) is 50.4 Å². The molecule has 0 spiro atoms. The molecule has 2 heterocycles. The van der Waals surface area contributed by atoms with E-state index in [0.717, 1.165) is 0 Å². The lowest BCUT2D eigenvalue weighted by molar-refractivity contribution is -0.179. The van der Waals surface area contributed by atoms with Crippen LogP contribution < -0.4 is 0 Å². The predicted molar refractivity (Wildman–Crippen MR) is 63.7 cm³/mol. The van der Waals surface area contributed by atoms with Crippen LogP contribution in [0.5, 0.6) is 0 Å². The zero-order valence-electron chi connectivity index (χ0n) is 10.8. The molecule has 4 nitrogen and oxygen atoms in total. The lowest BCUT2D eigenvalue weighted by Crippen LogP contribution is -2.74. The molecular formula is C11H20FNO3Si. The molecule has 0 N–H and O–H groups in total. The van der Waals surface area contributed by atoms with Gasteiger partial charge in [-0.25, -0.2) is 4.39 Å². The molecule has 0 unspecified atom stereocenters. The van der Waals surface area contributed by atoms with Crippen LogP contribution in [0.4, 0.5) is 4.39 Å². The first-order valence-corrected chi connectivity index (χ1v) is 9.49. The molecule has 0 saturated carbocycles. The highest BCUT2D eigenvalue weighted by atomic mass is 28.3. The quantitative estimate of drug-likeness (QED) is 0.569. The second kappa shape index (κ2) is 4.33. The molecule has 0 aromatic heterocycles. The summed E-state index contributed by atoms with van der Waals surface area (Å²) >= 11 is 0. The summed E-state index contributed by atoms with van der Waals surface area (Å²) in [4.78, 5) is 12.0. The van der Waals surface area contributed by atoms with Gasteiger partial charge in [0.05, 0.1) is 25.2 Å². The van der Waals surface area contributed by atoms with E-state index in [1.54, 1.807) is 0 Å². The van der Waals surface area contributed by atoms with Crippen LogP contribution in [0.3, 0.4) is 0 Å². The van der Waals surface area contributed by atoms with Crippen LogP contribution >= 0.6 is 0 Å². The first-order valence-electron chi connectivity index (χ1n) is 6.04. The van der Waals surface area contributed by atoms with Crippen molar-refractivity contribution in [2.75, 3.05) is 13.2 Å². The van der Waals surface area contributed by atoms with Crippen molar-refractivity contribution >= 4 is 14.1 Å². The van der Waals surface area contributed by atoms with Gasteiger partial charge in [0.1, 0.15) is 6.17 Å². The molecule has 0 aromatic carbocycles. The van der Waals surface area contributed by atoms with Gasteiger partial charge < -0.3 is 14.0 Å². The highest BCUT2D eigenvalue weighted by Gasteiger charge is 2.58. The van der Waals surface area contributed by atoms with Gasteiger partial charge in [0.25, 0.3) is 0 Å². The number of amides is 1. The van der Waals surface area contributed by atoms with Crippen molar-refractivity contribution in [1.29, 1.82) is 0 Å². The normalized spacial score (nSPS) is 32.8. The summed E-state index contributed by atoms with van der Waals surface area (Å²) in [5, 5.41) is 0. The van der Waals surface area contributed by atoms with Crippen LogP contribution in [-0.2, 0) is 14.3 Å². The average Bonchev–Trinajstić information content (AvgIpc) is 2.62. The highest BCUT2D eigenvalue weighted by molar-refractivity contribution is 6.76. The van der Waals surface area contributed by atoms with Gasteiger partial charge in [0.2, 0.25) is 5.91 Å². The fourth-order valence-corrected chi connectivity index (χ4v) is 4.63. The maximum absolute atomic E-state index is 13.5. The zero-order chi connectivity index (χ0) is 12.8. The molecule has 3 atom stereocenters.